The number of ether oxygens (including phenoxy) is 2. The molecule has 242 valence electrons. The van der Waals surface area contributed by atoms with Crippen LogP contribution < -0.4 is 20.5 Å². The lowest BCUT2D eigenvalue weighted by Gasteiger charge is -2.36. The zero-order valence-electron chi connectivity index (χ0n) is 25.7. The number of rotatable bonds is 14. The summed E-state index contributed by atoms with van der Waals surface area (Å²) in [6, 6.07) is 17.2. The Balaban J connectivity index is 1.17. The first-order valence-electron chi connectivity index (χ1n) is 15.1. The molecule has 1 unspecified atom stereocenters. The van der Waals surface area contributed by atoms with Gasteiger partial charge in [-0.15, -0.1) is 0 Å². The van der Waals surface area contributed by atoms with E-state index in [4.69, 9.17) is 36.0 Å². The van der Waals surface area contributed by atoms with Crippen LogP contribution in [0.25, 0.3) is 0 Å². The van der Waals surface area contributed by atoms with E-state index >= 15 is 0 Å². The molecule has 46 heavy (non-hydrogen) atoms. The zero-order valence-corrected chi connectivity index (χ0v) is 27.4. The van der Waals surface area contributed by atoms with E-state index < -0.39 is 20.1 Å². The van der Waals surface area contributed by atoms with Gasteiger partial charge in [0.2, 0.25) is 0 Å². The van der Waals surface area contributed by atoms with E-state index in [-0.39, 0.29) is 17.5 Å². The molecule has 0 saturated heterocycles. The third-order valence-electron chi connectivity index (χ3n) is 7.39. The van der Waals surface area contributed by atoms with Crippen LogP contribution in [0.1, 0.15) is 72.1 Å². The molecule has 5 N–H and O–H groups in total. The number of carbonyl (C=O) groups excluding carboxylic acids is 1. The molecular formula is C33H37N4O7PS. The molecular weight excluding hydrogens is 627 g/mol. The van der Waals surface area contributed by atoms with Gasteiger partial charge in [-0.2, -0.15) is 5.26 Å². The number of aromatic hydroxyl groups is 2. The van der Waals surface area contributed by atoms with Crippen molar-refractivity contribution in [1.82, 2.24) is 15.7 Å². The average molecular weight is 665 g/mol. The van der Waals surface area contributed by atoms with Crippen LogP contribution in [0.4, 0.5) is 0 Å². The molecule has 13 heteroatoms. The maximum Gasteiger partial charge on any atom is 0.340 e. The Morgan fingerprint density at radius 3 is 2.33 bits per heavy atom. The van der Waals surface area contributed by atoms with Crippen molar-refractivity contribution in [1.29, 1.82) is 5.26 Å². The highest BCUT2D eigenvalue weighted by atomic mass is 32.1. The molecule has 3 aromatic carbocycles. The summed E-state index contributed by atoms with van der Waals surface area (Å²) >= 11 is 5.51. The van der Waals surface area contributed by atoms with Gasteiger partial charge in [-0.3, -0.25) is 0 Å². The SMILES string of the molecule is CC(C)NP(OCCC#N)OCCCCCNC(=S)NCc1ccc2c(c1)C1(OC2=O)c2ccc(O)cc2Oc2cc(O)ccc21. The Labute approximate surface area is 274 Å². The van der Waals surface area contributed by atoms with Crippen LogP contribution in [-0.2, 0) is 25.9 Å². The lowest BCUT2D eigenvalue weighted by molar-refractivity contribution is 0.0224. The molecule has 0 bridgehead atoms. The Bertz CT molecular complexity index is 1580. The van der Waals surface area contributed by atoms with Crippen molar-refractivity contribution < 1.29 is 33.5 Å². The molecule has 0 amide bonds. The van der Waals surface area contributed by atoms with Gasteiger partial charge >= 0.3 is 5.97 Å². The van der Waals surface area contributed by atoms with Crippen molar-refractivity contribution >= 4 is 31.8 Å². The maximum atomic E-state index is 13.2. The van der Waals surface area contributed by atoms with E-state index in [1.807, 2.05) is 26.0 Å². The quantitative estimate of drug-likeness (QED) is 0.0597. The molecule has 11 nitrogen and oxygen atoms in total. The molecule has 1 atom stereocenters. The van der Waals surface area contributed by atoms with E-state index in [9.17, 15) is 15.0 Å². The number of hydrogen-bond donors (Lipinski definition) is 5. The van der Waals surface area contributed by atoms with E-state index in [2.05, 4.69) is 21.8 Å². The molecule has 1 spiro atoms. The number of nitriles is 1. The fraction of sp³-hybridized carbons (Fsp3) is 0.364. The molecule has 2 aliphatic heterocycles. The number of phenols is 2. The zero-order chi connectivity index (χ0) is 32.7. The number of thiocarbonyl (C=S) groups is 1. The average Bonchev–Trinajstić information content (AvgIpc) is 3.30. The third-order valence-corrected chi connectivity index (χ3v) is 9.24. The van der Waals surface area contributed by atoms with E-state index in [0.29, 0.717) is 71.6 Å². The minimum Gasteiger partial charge on any atom is -0.508 e. The predicted molar refractivity (Wildman–Crippen MR) is 177 cm³/mol. The first-order valence-corrected chi connectivity index (χ1v) is 16.7. The molecule has 0 radical (unpaired) electrons. The van der Waals surface area contributed by atoms with Crippen molar-refractivity contribution in [2.75, 3.05) is 19.8 Å². The summed E-state index contributed by atoms with van der Waals surface area (Å²) in [6.07, 6.45) is 3.06. The van der Waals surface area contributed by atoms with Crippen molar-refractivity contribution in [3.8, 4) is 29.1 Å². The van der Waals surface area contributed by atoms with E-state index in [1.54, 1.807) is 18.2 Å². The lowest BCUT2D eigenvalue weighted by atomic mass is 9.77. The predicted octanol–water partition coefficient (Wildman–Crippen LogP) is 5.97. The van der Waals surface area contributed by atoms with E-state index in [1.165, 1.54) is 24.3 Å². The van der Waals surface area contributed by atoms with Crippen molar-refractivity contribution in [3.05, 3.63) is 82.4 Å². The maximum absolute atomic E-state index is 13.2. The molecule has 2 heterocycles. The van der Waals surface area contributed by atoms with Gasteiger partial charge in [0.1, 0.15) is 23.0 Å². The highest BCUT2D eigenvalue weighted by molar-refractivity contribution is 7.80. The smallest absolute Gasteiger partial charge is 0.340 e. The topological polar surface area (TPSA) is 154 Å². The standard InChI is InChI=1S/C33H37N4O7PS/c1-21(2)37-45(42-16-6-13-34)41-15-5-3-4-14-35-32(46)36-20-22-7-10-25-28(17-22)33(44-31(25)40)26-11-8-23(38)18-29(26)43-30-19-24(39)9-12-27(30)33/h7-12,17-19,21,37-39H,3-6,14-16,20H2,1-2H3,(H2,35,36,46). The molecule has 0 fully saturated rings. The number of carbonyl (C=O) groups is 1. The molecule has 5 rings (SSSR count). The minimum atomic E-state index is -1.32. The Morgan fingerprint density at radius 1 is 0.957 bits per heavy atom. The number of hydrogen-bond acceptors (Lipinski definition) is 10. The second-order valence-electron chi connectivity index (χ2n) is 11.2. The second-order valence-corrected chi connectivity index (χ2v) is 12.9. The number of nitrogens with one attached hydrogen (secondary N) is 3. The molecule has 3 aromatic rings. The van der Waals surface area contributed by atoms with E-state index in [0.717, 1.165) is 24.8 Å². The van der Waals surface area contributed by atoms with Crippen LogP contribution in [0.15, 0.2) is 54.6 Å². The highest BCUT2D eigenvalue weighted by Crippen LogP contribution is 2.57. The summed E-state index contributed by atoms with van der Waals surface area (Å²) < 4.78 is 23.7. The number of nitrogens with zero attached hydrogens (tertiary/aromatic N) is 1. The van der Waals surface area contributed by atoms with Gasteiger partial charge in [0.25, 0.3) is 8.53 Å². The van der Waals surface area contributed by atoms with Gasteiger partial charge in [0, 0.05) is 48.0 Å². The monoisotopic (exact) mass is 664 g/mol. The van der Waals surface area contributed by atoms with Gasteiger partial charge in [0.05, 0.1) is 31.3 Å². The lowest BCUT2D eigenvalue weighted by Crippen LogP contribution is -2.35. The largest absolute Gasteiger partial charge is 0.508 e. The highest BCUT2D eigenvalue weighted by Gasteiger charge is 2.53. The summed E-state index contributed by atoms with van der Waals surface area (Å²) in [4.78, 5) is 13.2. The van der Waals surface area contributed by atoms with Gasteiger partial charge < -0.3 is 39.4 Å². The number of phenolic OH excluding ortho intramolecular Hbond substituents is 2. The van der Waals surface area contributed by atoms with Crippen LogP contribution >= 0.6 is 20.7 Å². The van der Waals surface area contributed by atoms with Crippen molar-refractivity contribution in [2.24, 2.45) is 0 Å². The van der Waals surface area contributed by atoms with Crippen LogP contribution in [0, 0.1) is 11.3 Å². The Hall–Kier alpha value is -3.98. The Morgan fingerprint density at radius 2 is 1.65 bits per heavy atom. The normalized spacial score (nSPS) is 14.4. The third kappa shape index (κ3) is 7.52. The van der Waals surface area contributed by atoms with Crippen LogP contribution in [0.2, 0.25) is 0 Å². The van der Waals surface area contributed by atoms with Gasteiger partial charge in [-0.25, -0.2) is 9.88 Å². The van der Waals surface area contributed by atoms with Crippen LogP contribution in [0.3, 0.4) is 0 Å². The second kappa shape index (κ2) is 15.1. The summed E-state index contributed by atoms with van der Waals surface area (Å²) in [5.74, 6) is 0.185. The first kappa shape index (κ1) is 33.4. The molecule has 0 saturated carbocycles. The Kier molecular flexibility index (Phi) is 10.9. The number of fused-ring (bicyclic) bond motifs is 6. The minimum absolute atomic E-state index is 0.000521. The summed E-state index contributed by atoms with van der Waals surface area (Å²) in [5.41, 5.74) is 1.78. The number of benzene rings is 3. The molecule has 2 aliphatic rings. The fourth-order valence-corrected chi connectivity index (χ4v) is 6.72. The van der Waals surface area contributed by atoms with Gasteiger partial charge in [0.15, 0.2) is 10.7 Å². The first-order chi connectivity index (χ1) is 22.2. The number of esters is 1. The summed E-state index contributed by atoms with van der Waals surface area (Å²) in [6.45, 7) is 6.08. The van der Waals surface area contributed by atoms with Crippen LogP contribution in [-0.4, -0.2) is 47.1 Å². The summed E-state index contributed by atoms with van der Waals surface area (Å²) in [5, 5.41) is 39.3. The molecule has 0 aromatic heterocycles. The van der Waals surface area contributed by atoms with Gasteiger partial charge in [-0.05, 0) is 87.3 Å². The molecule has 0 aliphatic carbocycles. The van der Waals surface area contributed by atoms with Gasteiger partial charge in [-0.1, -0.05) is 6.07 Å². The number of unbranched alkanes of at least 4 members (excludes halogenated alkanes) is 2. The van der Waals surface area contributed by atoms with Crippen molar-refractivity contribution in [2.45, 2.75) is 57.7 Å². The summed E-state index contributed by atoms with van der Waals surface area (Å²) in [7, 11) is -1.21. The van der Waals surface area contributed by atoms with Crippen LogP contribution in [0.5, 0.6) is 23.0 Å². The van der Waals surface area contributed by atoms with Crippen molar-refractivity contribution in [3.63, 3.8) is 0 Å². The fourth-order valence-electron chi connectivity index (χ4n) is 5.35.